The molecular formula is C14H25NO3. The summed E-state index contributed by atoms with van der Waals surface area (Å²) < 4.78 is 11.2. The minimum atomic E-state index is -0.440. The monoisotopic (exact) mass is 255 g/mol. The number of carbonyl (C=O) groups is 1. The van der Waals surface area contributed by atoms with Gasteiger partial charge in [-0.25, -0.2) is 4.79 Å². The molecule has 0 N–H and O–H groups in total. The van der Waals surface area contributed by atoms with Crippen molar-refractivity contribution in [2.24, 2.45) is 11.3 Å². The quantitative estimate of drug-likeness (QED) is 0.723. The van der Waals surface area contributed by atoms with E-state index in [4.69, 9.17) is 9.47 Å². The van der Waals surface area contributed by atoms with Crippen molar-refractivity contribution >= 4 is 6.09 Å². The molecule has 1 aliphatic heterocycles. The molecular weight excluding hydrogens is 230 g/mol. The average molecular weight is 255 g/mol. The summed E-state index contributed by atoms with van der Waals surface area (Å²) in [5, 5.41) is 0. The van der Waals surface area contributed by atoms with Crippen LogP contribution in [-0.4, -0.2) is 42.4 Å². The lowest BCUT2D eigenvalue weighted by molar-refractivity contribution is -0.146. The van der Waals surface area contributed by atoms with Crippen molar-refractivity contribution in [2.75, 3.05) is 13.7 Å². The van der Waals surface area contributed by atoms with E-state index in [2.05, 4.69) is 13.8 Å². The van der Waals surface area contributed by atoms with Crippen LogP contribution in [0.1, 0.15) is 41.0 Å². The third-order valence-corrected chi connectivity index (χ3v) is 4.14. The van der Waals surface area contributed by atoms with Gasteiger partial charge in [0.25, 0.3) is 0 Å². The minimum absolute atomic E-state index is 0.0207. The maximum absolute atomic E-state index is 12.1. The van der Waals surface area contributed by atoms with Gasteiger partial charge in [-0.1, -0.05) is 13.8 Å². The number of hydrogen-bond donors (Lipinski definition) is 0. The van der Waals surface area contributed by atoms with Crippen LogP contribution in [0.2, 0.25) is 0 Å². The van der Waals surface area contributed by atoms with Crippen LogP contribution in [0.3, 0.4) is 0 Å². The van der Waals surface area contributed by atoms with Crippen LogP contribution in [0, 0.1) is 11.3 Å². The SMILES string of the molecule is CN(C(=O)OC(C)(C)C)C1C2CCOC2C1(C)C. The Morgan fingerprint density at radius 2 is 2.00 bits per heavy atom. The predicted octanol–water partition coefficient (Wildman–Crippen LogP) is 2.67. The molecule has 0 radical (unpaired) electrons. The third-order valence-electron chi connectivity index (χ3n) is 4.14. The summed E-state index contributed by atoms with van der Waals surface area (Å²) in [5.74, 6) is 0.470. The molecule has 104 valence electrons. The molecule has 2 rings (SSSR count). The van der Waals surface area contributed by atoms with Crippen molar-refractivity contribution in [1.29, 1.82) is 0 Å². The zero-order valence-electron chi connectivity index (χ0n) is 12.3. The normalized spacial score (nSPS) is 33.6. The lowest BCUT2D eigenvalue weighted by Crippen LogP contribution is -2.67. The Morgan fingerprint density at radius 3 is 2.56 bits per heavy atom. The van der Waals surface area contributed by atoms with Crippen LogP contribution in [0.4, 0.5) is 4.79 Å². The molecule has 1 aliphatic carbocycles. The topological polar surface area (TPSA) is 38.8 Å². The second-order valence-corrected chi connectivity index (χ2v) is 7.10. The van der Waals surface area contributed by atoms with Crippen LogP contribution < -0.4 is 0 Å². The van der Waals surface area contributed by atoms with E-state index >= 15 is 0 Å². The lowest BCUT2D eigenvalue weighted by Gasteiger charge is -2.57. The van der Waals surface area contributed by atoms with Gasteiger partial charge in [0.1, 0.15) is 5.60 Å². The number of rotatable bonds is 1. The molecule has 2 fully saturated rings. The Balaban J connectivity index is 2.05. The molecule has 0 aromatic heterocycles. The van der Waals surface area contributed by atoms with Crippen LogP contribution in [-0.2, 0) is 9.47 Å². The first-order valence-electron chi connectivity index (χ1n) is 6.72. The summed E-state index contributed by atoms with van der Waals surface area (Å²) in [7, 11) is 1.84. The Morgan fingerprint density at radius 1 is 1.39 bits per heavy atom. The molecule has 0 aromatic rings. The van der Waals surface area contributed by atoms with Crippen molar-refractivity contribution in [3.8, 4) is 0 Å². The van der Waals surface area contributed by atoms with Gasteiger partial charge in [-0.2, -0.15) is 0 Å². The minimum Gasteiger partial charge on any atom is -0.444 e. The lowest BCUT2D eigenvalue weighted by atomic mass is 9.57. The standard InChI is InChI=1S/C14H25NO3/c1-13(2,3)18-12(16)15(6)10-9-7-8-17-11(9)14(10,4)5/h9-11H,7-8H2,1-6H3. The number of hydrogen-bond acceptors (Lipinski definition) is 3. The second kappa shape index (κ2) is 4.12. The van der Waals surface area contributed by atoms with Crippen molar-refractivity contribution in [3.63, 3.8) is 0 Å². The summed E-state index contributed by atoms with van der Waals surface area (Å²) in [6.07, 6.45) is 1.12. The zero-order chi connectivity index (χ0) is 13.7. The van der Waals surface area contributed by atoms with Gasteiger partial charge in [-0.3, -0.25) is 0 Å². The molecule has 1 saturated heterocycles. The van der Waals surface area contributed by atoms with E-state index in [0.717, 1.165) is 13.0 Å². The van der Waals surface area contributed by atoms with E-state index in [0.29, 0.717) is 12.0 Å². The van der Waals surface area contributed by atoms with Gasteiger partial charge in [-0.05, 0) is 27.2 Å². The van der Waals surface area contributed by atoms with E-state index in [1.165, 1.54) is 0 Å². The number of amides is 1. The molecule has 0 aromatic carbocycles. The molecule has 2 aliphatic rings. The highest BCUT2D eigenvalue weighted by Gasteiger charge is 2.61. The summed E-state index contributed by atoms with van der Waals surface area (Å²) in [6.45, 7) is 10.8. The summed E-state index contributed by atoms with van der Waals surface area (Å²) in [5.41, 5.74) is -0.419. The fourth-order valence-corrected chi connectivity index (χ4v) is 3.53. The highest BCUT2D eigenvalue weighted by Crippen LogP contribution is 2.54. The Labute approximate surface area is 110 Å². The summed E-state index contributed by atoms with van der Waals surface area (Å²) in [6, 6.07) is 0.222. The Kier molecular flexibility index (Phi) is 3.13. The third kappa shape index (κ3) is 2.11. The van der Waals surface area contributed by atoms with Gasteiger partial charge >= 0.3 is 6.09 Å². The van der Waals surface area contributed by atoms with Gasteiger partial charge in [0.15, 0.2) is 0 Å². The van der Waals surface area contributed by atoms with E-state index in [1.807, 2.05) is 27.8 Å². The van der Waals surface area contributed by atoms with E-state index in [-0.39, 0.29) is 17.6 Å². The van der Waals surface area contributed by atoms with Crippen LogP contribution in [0.25, 0.3) is 0 Å². The van der Waals surface area contributed by atoms with Gasteiger partial charge in [0, 0.05) is 31.0 Å². The fraction of sp³-hybridized carbons (Fsp3) is 0.929. The smallest absolute Gasteiger partial charge is 0.410 e. The van der Waals surface area contributed by atoms with Gasteiger partial charge in [0.2, 0.25) is 0 Å². The first kappa shape index (κ1) is 13.7. The maximum Gasteiger partial charge on any atom is 0.410 e. The van der Waals surface area contributed by atoms with Crippen molar-refractivity contribution in [1.82, 2.24) is 4.90 Å². The molecule has 18 heavy (non-hydrogen) atoms. The van der Waals surface area contributed by atoms with Crippen molar-refractivity contribution in [3.05, 3.63) is 0 Å². The van der Waals surface area contributed by atoms with Crippen LogP contribution >= 0.6 is 0 Å². The number of carbonyl (C=O) groups excluding carboxylic acids is 1. The van der Waals surface area contributed by atoms with E-state index in [9.17, 15) is 4.79 Å². The first-order valence-corrected chi connectivity index (χ1v) is 6.72. The highest BCUT2D eigenvalue weighted by molar-refractivity contribution is 5.68. The molecule has 0 spiro atoms. The molecule has 4 nitrogen and oxygen atoms in total. The molecule has 1 saturated carbocycles. The summed E-state index contributed by atoms with van der Waals surface area (Å²) >= 11 is 0. The zero-order valence-corrected chi connectivity index (χ0v) is 12.3. The molecule has 4 heteroatoms. The second-order valence-electron chi connectivity index (χ2n) is 7.10. The van der Waals surface area contributed by atoms with Crippen molar-refractivity contribution in [2.45, 2.75) is 58.8 Å². The number of fused-ring (bicyclic) bond motifs is 1. The highest BCUT2D eigenvalue weighted by atomic mass is 16.6. The maximum atomic E-state index is 12.1. The van der Waals surface area contributed by atoms with E-state index in [1.54, 1.807) is 4.90 Å². The number of ether oxygens (including phenoxy) is 2. The summed E-state index contributed by atoms with van der Waals surface area (Å²) in [4.78, 5) is 13.9. The van der Waals surface area contributed by atoms with Gasteiger partial charge in [-0.15, -0.1) is 0 Å². The predicted molar refractivity (Wildman–Crippen MR) is 69.4 cm³/mol. The van der Waals surface area contributed by atoms with Crippen molar-refractivity contribution < 1.29 is 14.3 Å². The fourth-order valence-electron chi connectivity index (χ4n) is 3.53. The molecule has 0 bridgehead atoms. The Bertz CT molecular complexity index is 345. The molecule has 1 heterocycles. The Hall–Kier alpha value is -0.770. The average Bonchev–Trinajstić information content (AvgIpc) is 2.60. The largest absolute Gasteiger partial charge is 0.444 e. The number of nitrogens with zero attached hydrogens (tertiary/aromatic N) is 1. The van der Waals surface area contributed by atoms with Crippen LogP contribution in [0.15, 0.2) is 0 Å². The van der Waals surface area contributed by atoms with Gasteiger partial charge < -0.3 is 14.4 Å². The van der Waals surface area contributed by atoms with Gasteiger partial charge in [0.05, 0.1) is 6.10 Å². The molecule has 1 amide bonds. The first-order chi connectivity index (χ1) is 8.14. The molecule has 3 unspecified atom stereocenters. The molecule has 3 atom stereocenters. The van der Waals surface area contributed by atoms with Crippen LogP contribution in [0.5, 0.6) is 0 Å². The van der Waals surface area contributed by atoms with E-state index < -0.39 is 5.60 Å².